The second kappa shape index (κ2) is 5.10. The van der Waals surface area contributed by atoms with Gasteiger partial charge in [0, 0.05) is 36.1 Å². The van der Waals surface area contributed by atoms with Crippen LogP contribution in [-0.2, 0) is 13.5 Å². The summed E-state index contributed by atoms with van der Waals surface area (Å²) >= 11 is 0. The van der Waals surface area contributed by atoms with E-state index in [0.29, 0.717) is 11.7 Å². The Kier molecular flexibility index (Phi) is 3.07. The van der Waals surface area contributed by atoms with Crippen LogP contribution in [0.2, 0.25) is 0 Å². The largest absolute Gasteiger partial charge is 0.384 e. The van der Waals surface area contributed by atoms with Crippen molar-refractivity contribution in [2.24, 2.45) is 13.0 Å². The molecule has 0 spiro atoms. The number of aryl methyl sites for hydroxylation is 1. The van der Waals surface area contributed by atoms with E-state index in [1.54, 1.807) is 15.4 Å². The van der Waals surface area contributed by atoms with Crippen LogP contribution >= 0.6 is 0 Å². The quantitative estimate of drug-likeness (QED) is 0.749. The van der Waals surface area contributed by atoms with Crippen molar-refractivity contribution in [3.63, 3.8) is 0 Å². The Morgan fingerprint density at radius 1 is 1.36 bits per heavy atom. The molecule has 3 N–H and O–H groups in total. The summed E-state index contributed by atoms with van der Waals surface area (Å²) in [5, 5.41) is 12.0. The number of hydrogen-bond donors (Lipinski definition) is 2. The first-order valence-corrected chi connectivity index (χ1v) is 7.53. The average Bonchev–Trinajstić information content (AvgIpc) is 3.19. The number of nitrogens with zero attached hydrogens (tertiary/aromatic N) is 5. The van der Waals surface area contributed by atoms with Gasteiger partial charge < -0.3 is 11.1 Å². The van der Waals surface area contributed by atoms with Crippen LogP contribution in [0.25, 0.3) is 16.8 Å². The Hall–Kier alpha value is -2.41. The number of rotatable bonds is 3. The molecular weight excluding hydrogens is 278 g/mol. The number of fused-ring (bicyclic) bond motifs is 1. The number of aromatic nitrogens is 5. The fraction of sp³-hybridized carbons (Fsp3) is 0.400. The molecule has 0 saturated carbocycles. The predicted octanol–water partition coefficient (Wildman–Crippen LogP) is 0.864. The molecule has 0 radical (unpaired) electrons. The third-order valence-electron chi connectivity index (χ3n) is 4.23. The van der Waals surface area contributed by atoms with E-state index in [1.165, 1.54) is 6.42 Å². The lowest BCUT2D eigenvalue weighted by molar-refractivity contribution is 0.572. The summed E-state index contributed by atoms with van der Waals surface area (Å²) in [5.41, 5.74) is 9.95. The molecule has 1 atom stereocenters. The topological polar surface area (TPSA) is 86.1 Å². The SMILES string of the molecule is Cn1cc(-c2cnn3c(N)cc(CC4CCNC4)nc23)cn1. The average molecular weight is 297 g/mol. The molecular formula is C15H19N7. The van der Waals surface area contributed by atoms with E-state index in [9.17, 15) is 0 Å². The molecule has 0 amide bonds. The van der Waals surface area contributed by atoms with Crippen LogP contribution in [0, 0.1) is 5.92 Å². The Morgan fingerprint density at radius 3 is 3.00 bits per heavy atom. The zero-order chi connectivity index (χ0) is 15.1. The van der Waals surface area contributed by atoms with Crippen molar-refractivity contribution in [3.8, 4) is 11.1 Å². The number of hydrogen-bond acceptors (Lipinski definition) is 5. The van der Waals surface area contributed by atoms with Crippen molar-refractivity contribution in [1.29, 1.82) is 0 Å². The van der Waals surface area contributed by atoms with Crippen LogP contribution in [0.4, 0.5) is 5.82 Å². The van der Waals surface area contributed by atoms with E-state index >= 15 is 0 Å². The monoisotopic (exact) mass is 297 g/mol. The highest BCUT2D eigenvalue weighted by Gasteiger charge is 2.18. The lowest BCUT2D eigenvalue weighted by Crippen LogP contribution is -2.12. The zero-order valence-electron chi connectivity index (χ0n) is 12.5. The van der Waals surface area contributed by atoms with Gasteiger partial charge in [0.05, 0.1) is 12.4 Å². The molecule has 7 heteroatoms. The zero-order valence-corrected chi connectivity index (χ0v) is 12.5. The van der Waals surface area contributed by atoms with Crippen molar-refractivity contribution >= 4 is 11.5 Å². The molecule has 1 aliphatic heterocycles. The van der Waals surface area contributed by atoms with Crippen molar-refractivity contribution in [1.82, 2.24) is 29.7 Å². The summed E-state index contributed by atoms with van der Waals surface area (Å²) in [6, 6.07) is 1.94. The van der Waals surface area contributed by atoms with Gasteiger partial charge >= 0.3 is 0 Å². The van der Waals surface area contributed by atoms with Gasteiger partial charge in [0.1, 0.15) is 5.82 Å². The first-order chi connectivity index (χ1) is 10.7. The molecule has 22 heavy (non-hydrogen) atoms. The third kappa shape index (κ3) is 2.23. The summed E-state index contributed by atoms with van der Waals surface area (Å²) in [6.45, 7) is 2.15. The molecule has 1 unspecified atom stereocenters. The minimum Gasteiger partial charge on any atom is -0.384 e. The van der Waals surface area contributed by atoms with Gasteiger partial charge in [-0.1, -0.05) is 0 Å². The highest BCUT2D eigenvalue weighted by Crippen LogP contribution is 2.25. The Labute approximate surface area is 128 Å². The maximum atomic E-state index is 6.15. The smallest absolute Gasteiger partial charge is 0.165 e. The molecule has 3 aromatic heterocycles. The molecule has 1 saturated heterocycles. The summed E-state index contributed by atoms with van der Waals surface area (Å²) in [6.07, 6.45) is 7.73. The maximum absolute atomic E-state index is 6.15. The molecule has 1 fully saturated rings. The van der Waals surface area contributed by atoms with Crippen LogP contribution in [0.1, 0.15) is 12.1 Å². The van der Waals surface area contributed by atoms with Crippen molar-refractivity contribution in [2.75, 3.05) is 18.8 Å². The van der Waals surface area contributed by atoms with Crippen LogP contribution in [0.3, 0.4) is 0 Å². The summed E-state index contributed by atoms with van der Waals surface area (Å²) in [7, 11) is 1.90. The Bertz CT molecular complexity index is 811. The number of nitrogens with one attached hydrogen (secondary N) is 1. The van der Waals surface area contributed by atoms with E-state index < -0.39 is 0 Å². The molecule has 0 bridgehead atoms. The van der Waals surface area contributed by atoms with Crippen LogP contribution in [0.5, 0.6) is 0 Å². The first-order valence-electron chi connectivity index (χ1n) is 7.53. The minimum atomic E-state index is 0.626. The van der Waals surface area contributed by atoms with E-state index in [1.807, 2.05) is 25.5 Å². The molecule has 0 aliphatic carbocycles. The summed E-state index contributed by atoms with van der Waals surface area (Å²) < 4.78 is 3.47. The normalized spacial score (nSPS) is 18.3. The van der Waals surface area contributed by atoms with Gasteiger partial charge in [-0.05, 0) is 31.8 Å². The molecule has 4 rings (SSSR count). The van der Waals surface area contributed by atoms with E-state index in [4.69, 9.17) is 10.7 Å². The third-order valence-corrected chi connectivity index (χ3v) is 4.23. The lowest BCUT2D eigenvalue weighted by atomic mass is 10.0. The van der Waals surface area contributed by atoms with E-state index in [-0.39, 0.29) is 0 Å². The maximum Gasteiger partial charge on any atom is 0.165 e. The van der Waals surface area contributed by atoms with E-state index in [2.05, 4.69) is 15.5 Å². The highest BCUT2D eigenvalue weighted by molar-refractivity contribution is 5.77. The Morgan fingerprint density at radius 2 is 2.27 bits per heavy atom. The second-order valence-electron chi connectivity index (χ2n) is 5.93. The van der Waals surface area contributed by atoms with Gasteiger partial charge in [0.15, 0.2) is 5.65 Å². The summed E-state index contributed by atoms with van der Waals surface area (Å²) in [4.78, 5) is 4.80. The van der Waals surface area contributed by atoms with Crippen molar-refractivity contribution in [3.05, 3.63) is 30.4 Å². The van der Waals surface area contributed by atoms with Gasteiger partial charge in [-0.3, -0.25) is 4.68 Å². The molecule has 3 aromatic rings. The van der Waals surface area contributed by atoms with Gasteiger partial charge in [0.2, 0.25) is 0 Å². The molecule has 7 nitrogen and oxygen atoms in total. The lowest BCUT2D eigenvalue weighted by Gasteiger charge is -2.09. The van der Waals surface area contributed by atoms with Gasteiger partial charge in [0.25, 0.3) is 0 Å². The second-order valence-corrected chi connectivity index (χ2v) is 5.93. The fourth-order valence-electron chi connectivity index (χ4n) is 3.09. The van der Waals surface area contributed by atoms with Crippen LogP contribution < -0.4 is 11.1 Å². The predicted molar refractivity (Wildman–Crippen MR) is 84.3 cm³/mol. The molecule has 4 heterocycles. The van der Waals surface area contributed by atoms with Gasteiger partial charge in [-0.2, -0.15) is 14.7 Å². The van der Waals surface area contributed by atoms with Crippen molar-refractivity contribution in [2.45, 2.75) is 12.8 Å². The van der Waals surface area contributed by atoms with Crippen LogP contribution in [0.15, 0.2) is 24.7 Å². The number of nitrogens with two attached hydrogens (primary N) is 1. The molecule has 114 valence electrons. The number of nitrogen functional groups attached to an aromatic ring is 1. The van der Waals surface area contributed by atoms with E-state index in [0.717, 1.165) is 42.0 Å². The Balaban J connectivity index is 1.77. The molecule has 1 aliphatic rings. The minimum absolute atomic E-state index is 0.626. The van der Waals surface area contributed by atoms with Gasteiger partial charge in [-0.15, -0.1) is 0 Å². The van der Waals surface area contributed by atoms with Gasteiger partial charge in [-0.25, -0.2) is 4.98 Å². The fourth-order valence-corrected chi connectivity index (χ4v) is 3.09. The van der Waals surface area contributed by atoms with Crippen molar-refractivity contribution < 1.29 is 0 Å². The first kappa shape index (κ1) is 13.3. The highest BCUT2D eigenvalue weighted by atomic mass is 15.3. The standard InChI is InChI=1S/C15H19N7/c1-21-9-11(7-18-21)13-8-19-22-14(16)5-12(20-15(13)22)4-10-2-3-17-6-10/h5,7-10,17H,2-4,6,16H2,1H3. The number of anilines is 1. The summed E-state index contributed by atoms with van der Waals surface area (Å²) in [5.74, 6) is 1.26. The van der Waals surface area contributed by atoms with Crippen LogP contribution in [-0.4, -0.2) is 37.5 Å². The molecule has 0 aromatic carbocycles.